The van der Waals surface area contributed by atoms with Crippen molar-refractivity contribution in [3.05, 3.63) is 0 Å². The monoisotopic (exact) mass is 280 g/mol. The molecule has 6 heteroatoms. The van der Waals surface area contributed by atoms with Crippen molar-refractivity contribution in [1.82, 2.24) is 4.90 Å². The van der Waals surface area contributed by atoms with Crippen molar-refractivity contribution in [2.24, 2.45) is 5.73 Å². The minimum Gasteiger partial charge on any atom is -0.379 e. The Kier molecular flexibility index (Phi) is 4.74. The van der Waals surface area contributed by atoms with Crippen LogP contribution in [-0.2, 0) is 4.74 Å². The van der Waals surface area contributed by atoms with Crippen LogP contribution >= 0.6 is 0 Å². The first-order valence-electron chi connectivity index (χ1n) is 7.09. The Balaban J connectivity index is 2.01. The Morgan fingerprint density at radius 2 is 1.74 bits per heavy atom. The Hall–Kier alpha value is -0.330. The highest BCUT2D eigenvalue weighted by Crippen LogP contribution is 2.40. The molecule has 2 aliphatic rings. The minimum absolute atomic E-state index is 0.0286. The summed E-state index contributed by atoms with van der Waals surface area (Å²) in [5.74, 6) is 0. The fraction of sp³-hybridized carbons (Fsp3) is 1.00. The Labute approximate surface area is 112 Å². The molecule has 1 saturated carbocycles. The fourth-order valence-electron chi connectivity index (χ4n) is 3.51. The number of nitrogens with two attached hydrogens (primary N) is 1. The Bertz CT molecular complexity index is 284. The molecule has 2 fully saturated rings. The number of alkyl halides is 3. The molecule has 1 atom stereocenters. The van der Waals surface area contributed by atoms with Crippen LogP contribution in [-0.4, -0.2) is 49.0 Å². The molecule has 0 spiro atoms. The molecule has 0 aromatic rings. The first-order chi connectivity index (χ1) is 8.94. The summed E-state index contributed by atoms with van der Waals surface area (Å²) < 4.78 is 42.5. The smallest absolute Gasteiger partial charge is 0.379 e. The van der Waals surface area contributed by atoms with E-state index in [2.05, 4.69) is 4.90 Å². The zero-order valence-electron chi connectivity index (χ0n) is 11.2. The van der Waals surface area contributed by atoms with E-state index >= 15 is 0 Å². The third-order valence-corrected chi connectivity index (χ3v) is 4.54. The predicted molar refractivity (Wildman–Crippen MR) is 66.9 cm³/mol. The number of rotatable bonds is 4. The summed E-state index contributed by atoms with van der Waals surface area (Å²) in [4.78, 5) is 2.28. The van der Waals surface area contributed by atoms with E-state index in [-0.39, 0.29) is 12.0 Å². The highest BCUT2D eigenvalue weighted by Gasteiger charge is 2.45. The van der Waals surface area contributed by atoms with Gasteiger partial charge in [-0.1, -0.05) is 12.8 Å². The number of nitrogens with zero attached hydrogens (tertiary/aromatic N) is 1. The molecule has 1 heterocycles. The van der Waals surface area contributed by atoms with Crippen molar-refractivity contribution in [1.29, 1.82) is 0 Å². The number of morpholine rings is 1. The molecule has 2 rings (SSSR count). The lowest BCUT2D eigenvalue weighted by Crippen LogP contribution is -2.61. The first-order valence-corrected chi connectivity index (χ1v) is 7.09. The maximum atomic E-state index is 12.4. The van der Waals surface area contributed by atoms with E-state index in [1.165, 1.54) is 0 Å². The number of ether oxygens (including phenoxy) is 1. The lowest BCUT2D eigenvalue weighted by atomic mass is 9.83. The second kappa shape index (κ2) is 5.97. The van der Waals surface area contributed by atoms with Crippen LogP contribution in [0.15, 0.2) is 0 Å². The van der Waals surface area contributed by atoms with Gasteiger partial charge in [0.05, 0.1) is 13.2 Å². The summed E-state index contributed by atoms with van der Waals surface area (Å²) in [5, 5.41) is 0. The van der Waals surface area contributed by atoms with E-state index in [1.807, 2.05) is 0 Å². The molecule has 2 N–H and O–H groups in total. The molecular weight excluding hydrogens is 257 g/mol. The van der Waals surface area contributed by atoms with Crippen LogP contribution in [0.2, 0.25) is 0 Å². The molecule has 19 heavy (non-hydrogen) atoms. The van der Waals surface area contributed by atoms with Gasteiger partial charge in [-0.25, -0.2) is 0 Å². The zero-order valence-corrected chi connectivity index (χ0v) is 11.2. The molecule has 3 nitrogen and oxygen atoms in total. The first kappa shape index (κ1) is 15.1. The highest BCUT2D eigenvalue weighted by atomic mass is 19.4. The largest absolute Gasteiger partial charge is 0.389 e. The van der Waals surface area contributed by atoms with Gasteiger partial charge in [-0.3, -0.25) is 4.90 Å². The molecule has 0 aromatic carbocycles. The average Bonchev–Trinajstić information content (AvgIpc) is 2.87. The SMILES string of the molecule is NC(CCC(F)(F)F)C1(N2CCOCC2)CCCC1. The summed E-state index contributed by atoms with van der Waals surface area (Å²) >= 11 is 0. The van der Waals surface area contributed by atoms with Crippen molar-refractivity contribution >= 4 is 0 Å². The molecule has 0 amide bonds. The molecule has 112 valence electrons. The van der Waals surface area contributed by atoms with Crippen LogP contribution in [0.5, 0.6) is 0 Å². The van der Waals surface area contributed by atoms with E-state index in [0.29, 0.717) is 13.2 Å². The third kappa shape index (κ3) is 3.61. The standard InChI is InChI=1S/C13H23F3N2O/c14-13(15,16)6-3-11(17)12(4-1-2-5-12)18-7-9-19-10-8-18/h11H,1-10,17H2. The predicted octanol–water partition coefficient (Wildman–Crippen LogP) is 2.30. The number of halogens is 3. The van der Waals surface area contributed by atoms with Crippen molar-refractivity contribution in [3.8, 4) is 0 Å². The molecule has 1 saturated heterocycles. The molecular formula is C13H23F3N2O. The topological polar surface area (TPSA) is 38.5 Å². The Morgan fingerprint density at radius 1 is 1.16 bits per heavy atom. The van der Waals surface area contributed by atoms with Crippen LogP contribution in [0, 0.1) is 0 Å². The summed E-state index contributed by atoms with van der Waals surface area (Å²) in [6.45, 7) is 2.90. The zero-order chi connectivity index (χ0) is 13.9. The van der Waals surface area contributed by atoms with Gasteiger partial charge in [-0.15, -0.1) is 0 Å². The Morgan fingerprint density at radius 3 is 2.26 bits per heavy atom. The maximum absolute atomic E-state index is 12.4. The van der Waals surface area contributed by atoms with Crippen LogP contribution < -0.4 is 5.73 Å². The highest BCUT2D eigenvalue weighted by molar-refractivity contribution is 5.03. The van der Waals surface area contributed by atoms with E-state index in [9.17, 15) is 13.2 Å². The van der Waals surface area contributed by atoms with E-state index in [1.54, 1.807) is 0 Å². The average molecular weight is 280 g/mol. The minimum atomic E-state index is -4.11. The number of hydrogen-bond acceptors (Lipinski definition) is 3. The van der Waals surface area contributed by atoms with E-state index in [4.69, 9.17) is 10.5 Å². The van der Waals surface area contributed by atoms with Crippen molar-refractivity contribution in [2.45, 2.75) is 56.3 Å². The van der Waals surface area contributed by atoms with Crippen molar-refractivity contribution < 1.29 is 17.9 Å². The molecule has 0 radical (unpaired) electrons. The molecule has 1 unspecified atom stereocenters. The normalized spacial score (nSPS) is 26.5. The summed E-state index contributed by atoms with van der Waals surface area (Å²) in [6.07, 6.45) is -0.879. The van der Waals surface area contributed by atoms with Crippen LogP contribution in [0.1, 0.15) is 38.5 Å². The second-order valence-corrected chi connectivity index (χ2v) is 5.67. The second-order valence-electron chi connectivity index (χ2n) is 5.67. The third-order valence-electron chi connectivity index (χ3n) is 4.54. The number of hydrogen-bond donors (Lipinski definition) is 1. The van der Waals surface area contributed by atoms with Crippen LogP contribution in [0.4, 0.5) is 13.2 Å². The van der Waals surface area contributed by atoms with Crippen molar-refractivity contribution in [2.75, 3.05) is 26.3 Å². The van der Waals surface area contributed by atoms with E-state index in [0.717, 1.165) is 38.8 Å². The van der Waals surface area contributed by atoms with Gasteiger partial charge < -0.3 is 10.5 Å². The van der Waals surface area contributed by atoms with Crippen LogP contribution in [0.3, 0.4) is 0 Å². The molecule has 0 aromatic heterocycles. The van der Waals surface area contributed by atoms with Crippen LogP contribution in [0.25, 0.3) is 0 Å². The van der Waals surface area contributed by atoms with E-state index < -0.39 is 18.6 Å². The summed E-state index contributed by atoms with van der Waals surface area (Å²) in [7, 11) is 0. The lowest BCUT2D eigenvalue weighted by molar-refractivity contribution is -0.138. The lowest BCUT2D eigenvalue weighted by Gasteiger charge is -2.47. The van der Waals surface area contributed by atoms with Gasteiger partial charge in [0.25, 0.3) is 0 Å². The van der Waals surface area contributed by atoms with Gasteiger partial charge in [0, 0.05) is 31.1 Å². The molecule has 1 aliphatic carbocycles. The summed E-state index contributed by atoms with van der Waals surface area (Å²) in [6, 6.07) is -0.394. The van der Waals surface area contributed by atoms with Gasteiger partial charge in [-0.2, -0.15) is 13.2 Å². The molecule has 0 bridgehead atoms. The molecule has 1 aliphatic heterocycles. The quantitative estimate of drug-likeness (QED) is 0.859. The fourth-order valence-corrected chi connectivity index (χ4v) is 3.51. The van der Waals surface area contributed by atoms with Gasteiger partial charge in [0.1, 0.15) is 0 Å². The van der Waals surface area contributed by atoms with Gasteiger partial charge in [-0.05, 0) is 19.3 Å². The maximum Gasteiger partial charge on any atom is 0.389 e. The van der Waals surface area contributed by atoms with Crippen molar-refractivity contribution in [3.63, 3.8) is 0 Å². The van der Waals surface area contributed by atoms with Gasteiger partial charge in [0.15, 0.2) is 0 Å². The van der Waals surface area contributed by atoms with Gasteiger partial charge in [0.2, 0.25) is 0 Å². The summed E-state index contributed by atoms with van der Waals surface area (Å²) in [5.41, 5.74) is 5.94. The van der Waals surface area contributed by atoms with Gasteiger partial charge >= 0.3 is 6.18 Å².